The highest BCUT2D eigenvalue weighted by molar-refractivity contribution is 5.87. The van der Waals surface area contributed by atoms with E-state index in [1.807, 2.05) is 0 Å². The molecule has 2 N–H and O–H groups in total. The Kier molecular flexibility index (Phi) is 7.30. The molecule has 0 radical (unpaired) electrons. The van der Waals surface area contributed by atoms with Crippen LogP contribution < -0.4 is 21.3 Å². The van der Waals surface area contributed by atoms with Crippen LogP contribution in [-0.2, 0) is 6.54 Å². The van der Waals surface area contributed by atoms with Gasteiger partial charge in [0.25, 0.3) is 5.56 Å². The summed E-state index contributed by atoms with van der Waals surface area (Å²) in [6.45, 7) is 0.0201. The first-order valence-corrected chi connectivity index (χ1v) is 13.1. The standard InChI is InChI=1S/C28H32FN3O5/c29-23-16-22-25(17-24(23)30-19-6-2-1-3-7-19)32(20-8-4-5-9-20)28(36)31(26(22)33)14-15-37-21-12-10-18(11-13-21)27(34)35/h10-13,16-17,19-20,30H,1-9,14-15H2,(H,34,35). The summed E-state index contributed by atoms with van der Waals surface area (Å²) in [6, 6.07) is 8.96. The van der Waals surface area contributed by atoms with E-state index in [1.165, 1.54) is 36.8 Å². The molecule has 2 aliphatic carbocycles. The van der Waals surface area contributed by atoms with Gasteiger partial charge in [-0.15, -0.1) is 0 Å². The summed E-state index contributed by atoms with van der Waals surface area (Å²) < 4.78 is 23.7. The van der Waals surface area contributed by atoms with E-state index in [9.17, 15) is 14.4 Å². The molecule has 0 spiro atoms. The zero-order chi connectivity index (χ0) is 25.9. The van der Waals surface area contributed by atoms with Crippen molar-refractivity contribution in [3.63, 3.8) is 0 Å². The molecule has 3 aromatic rings. The fourth-order valence-corrected chi connectivity index (χ4v) is 5.64. The predicted octanol–water partition coefficient (Wildman–Crippen LogP) is 4.94. The van der Waals surface area contributed by atoms with Gasteiger partial charge in [0.1, 0.15) is 18.2 Å². The second-order valence-corrected chi connectivity index (χ2v) is 10.1. The van der Waals surface area contributed by atoms with Crippen LogP contribution >= 0.6 is 0 Å². The van der Waals surface area contributed by atoms with E-state index in [1.54, 1.807) is 10.6 Å². The first-order valence-electron chi connectivity index (χ1n) is 13.1. The number of benzene rings is 2. The smallest absolute Gasteiger partial charge is 0.335 e. The van der Waals surface area contributed by atoms with Gasteiger partial charge in [-0.1, -0.05) is 32.1 Å². The van der Waals surface area contributed by atoms with E-state index >= 15 is 4.39 Å². The topological polar surface area (TPSA) is 103 Å². The van der Waals surface area contributed by atoms with Gasteiger partial charge in [0, 0.05) is 12.1 Å². The van der Waals surface area contributed by atoms with Crippen LogP contribution in [0.25, 0.3) is 10.9 Å². The fourth-order valence-electron chi connectivity index (χ4n) is 5.64. The summed E-state index contributed by atoms with van der Waals surface area (Å²) >= 11 is 0. The molecule has 0 unspecified atom stereocenters. The summed E-state index contributed by atoms with van der Waals surface area (Å²) in [5.74, 6) is -1.10. The minimum absolute atomic E-state index is 0.00922. The van der Waals surface area contributed by atoms with E-state index in [4.69, 9.17) is 9.84 Å². The number of carboxylic acid groups (broad SMARTS) is 1. The fraction of sp³-hybridized carbons (Fsp3) is 0.464. The maximum absolute atomic E-state index is 15.2. The Morgan fingerprint density at radius 3 is 2.35 bits per heavy atom. The van der Waals surface area contributed by atoms with Crippen molar-refractivity contribution in [1.82, 2.24) is 9.13 Å². The summed E-state index contributed by atoms with van der Waals surface area (Å²) in [7, 11) is 0. The quantitative estimate of drug-likeness (QED) is 0.446. The van der Waals surface area contributed by atoms with Gasteiger partial charge in [-0.05, 0) is 62.1 Å². The number of nitrogens with one attached hydrogen (secondary N) is 1. The van der Waals surface area contributed by atoms with Gasteiger partial charge >= 0.3 is 11.7 Å². The molecule has 37 heavy (non-hydrogen) atoms. The Labute approximate surface area is 213 Å². The van der Waals surface area contributed by atoms with Gasteiger partial charge in [-0.3, -0.25) is 13.9 Å². The summed E-state index contributed by atoms with van der Waals surface area (Å²) in [6.07, 6.45) is 9.04. The Balaban J connectivity index is 1.47. The Morgan fingerprint density at radius 1 is 1.00 bits per heavy atom. The number of fused-ring (bicyclic) bond motifs is 1. The minimum Gasteiger partial charge on any atom is -0.492 e. The van der Waals surface area contributed by atoms with Crippen molar-refractivity contribution in [3.05, 3.63) is 68.6 Å². The van der Waals surface area contributed by atoms with Crippen LogP contribution in [0, 0.1) is 5.82 Å². The van der Waals surface area contributed by atoms with Gasteiger partial charge in [-0.2, -0.15) is 0 Å². The van der Waals surface area contributed by atoms with Crippen molar-refractivity contribution in [2.75, 3.05) is 11.9 Å². The highest BCUT2D eigenvalue weighted by atomic mass is 19.1. The van der Waals surface area contributed by atoms with Crippen molar-refractivity contribution in [2.45, 2.75) is 76.4 Å². The molecule has 2 saturated carbocycles. The molecule has 2 aliphatic rings. The van der Waals surface area contributed by atoms with E-state index in [2.05, 4.69) is 5.32 Å². The van der Waals surface area contributed by atoms with Crippen molar-refractivity contribution in [2.24, 2.45) is 0 Å². The average Bonchev–Trinajstić information content (AvgIpc) is 3.43. The number of hydrogen-bond donors (Lipinski definition) is 2. The molecular formula is C28H32FN3O5. The number of aromatic carboxylic acids is 1. The van der Waals surface area contributed by atoms with Crippen LogP contribution in [0.15, 0.2) is 46.0 Å². The minimum atomic E-state index is -1.04. The molecule has 9 heteroatoms. The highest BCUT2D eigenvalue weighted by Gasteiger charge is 2.25. The first-order chi connectivity index (χ1) is 17.9. The van der Waals surface area contributed by atoms with Crippen LogP contribution in [0.5, 0.6) is 5.75 Å². The summed E-state index contributed by atoms with van der Waals surface area (Å²) in [5.41, 5.74) is 0.00225. The Bertz CT molecular complexity index is 1400. The number of carboxylic acids is 1. The van der Waals surface area contributed by atoms with Gasteiger partial charge < -0.3 is 15.2 Å². The molecule has 0 amide bonds. The molecule has 0 saturated heterocycles. The largest absolute Gasteiger partial charge is 0.492 e. The van der Waals surface area contributed by atoms with E-state index in [0.717, 1.165) is 55.9 Å². The number of carbonyl (C=O) groups is 1. The number of halogens is 1. The number of rotatable bonds is 8. The third-order valence-corrected chi connectivity index (χ3v) is 7.60. The predicted molar refractivity (Wildman–Crippen MR) is 139 cm³/mol. The zero-order valence-electron chi connectivity index (χ0n) is 20.7. The normalized spacial score (nSPS) is 16.8. The van der Waals surface area contributed by atoms with E-state index < -0.39 is 23.0 Å². The first kappa shape index (κ1) is 25.0. The second kappa shape index (κ2) is 10.8. The third kappa shape index (κ3) is 5.26. The Hall–Kier alpha value is -3.62. The van der Waals surface area contributed by atoms with Crippen LogP contribution in [0.4, 0.5) is 10.1 Å². The molecular weight excluding hydrogens is 477 g/mol. The maximum atomic E-state index is 15.2. The Morgan fingerprint density at radius 2 is 1.68 bits per heavy atom. The lowest BCUT2D eigenvalue weighted by atomic mass is 9.95. The van der Waals surface area contributed by atoms with Crippen LogP contribution in [0.2, 0.25) is 0 Å². The lowest BCUT2D eigenvalue weighted by Crippen LogP contribution is -2.42. The molecule has 8 nitrogen and oxygen atoms in total. The number of ether oxygens (including phenoxy) is 1. The molecule has 0 aliphatic heterocycles. The third-order valence-electron chi connectivity index (χ3n) is 7.60. The van der Waals surface area contributed by atoms with Gasteiger partial charge in [-0.25, -0.2) is 14.0 Å². The maximum Gasteiger partial charge on any atom is 0.335 e. The zero-order valence-corrected chi connectivity index (χ0v) is 20.7. The molecule has 0 atom stereocenters. The second-order valence-electron chi connectivity index (χ2n) is 10.1. The monoisotopic (exact) mass is 509 g/mol. The summed E-state index contributed by atoms with van der Waals surface area (Å²) in [4.78, 5) is 38.0. The van der Waals surface area contributed by atoms with E-state index in [0.29, 0.717) is 17.0 Å². The van der Waals surface area contributed by atoms with Crippen molar-refractivity contribution in [3.8, 4) is 5.75 Å². The van der Waals surface area contributed by atoms with Gasteiger partial charge in [0.2, 0.25) is 0 Å². The van der Waals surface area contributed by atoms with Crippen molar-refractivity contribution < 1.29 is 19.0 Å². The highest BCUT2D eigenvalue weighted by Crippen LogP contribution is 2.32. The van der Waals surface area contributed by atoms with Crippen LogP contribution in [0.3, 0.4) is 0 Å². The molecule has 2 aromatic carbocycles. The van der Waals surface area contributed by atoms with Crippen LogP contribution in [-0.4, -0.2) is 32.9 Å². The van der Waals surface area contributed by atoms with Crippen molar-refractivity contribution >= 4 is 22.6 Å². The van der Waals surface area contributed by atoms with Gasteiger partial charge in [0.05, 0.1) is 28.7 Å². The lowest BCUT2D eigenvalue weighted by Gasteiger charge is -2.25. The van der Waals surface area contributed by atoms with E-state index in [-0.39, 0.29) is 36.2 Å². The molecule has 196 valence electrons. The van der Waals surface area contributed by atoms with Crippen molar-refractivity contribution in [1.29, 1.82) is 0 Å². The number of anilines is 1. The SMILES string of the molecule is O=C(O)c1ccc(OCCn2c(=O)c3cc(F)c(NC4CCCCC4)cc3n(C3CCCC3)c2=O)cc1. The number of hydrogen-bond acceptors (Lipinski definition) is 5. The summed E-state index contributed by atoms with van der Waals surface area (Å²) in [5, 5.41) is 12.5. The molecule has 2 fully saturated rings. The van der Waals surface area contributed by atoms with Crippen LogP contribution in [0.1, 0.15) is 74.2 Å². The molecule has 0 bridgehead atoms. The number of aromatic nitrogens is 2. The molecule has 1 heterocycles. The molecule has 5 rings (SSSR count). The molecule has 1 aromatic heterocycles. The van der Waals surface area contributed by atoms with Gasteiger partial charge in [0.15, 0.2) is 0 Å². The average molecular weight is 510 g/mol. The lowest BCUT2D eigenvalue weighted by molar-refractivity contribution is 0.0697. The number of nitrogens with zero attached hydrogens (tertiary/aromatic N) is 2.